The zero-order valence-electron chi connectivity index (χ0n) is 6.65. The minimum absolute atomic E-state index is 0.477. The van der Waals surface area contributed by atoms with Crippen molar-refractivity contribution in [2.45, 2.75) is 6.92 Å². The number of aromatic nitrogens is 2. The van der Waals surface area contributed by atoms with E-state index in [1.54, 1.807) is 6.20 Å². The number of hydrogen-bond donors (Lipinski definition) is 0. The lowest BCUT2D eigenvalue weighted by Gasteiger charge is -1.96. The lowest BCUT2D eigenvalue weighted by molar-refractivity contribution is 1.07. The van der Waals surface area contributed by atoms with E-state index in [4.69, 9.17) is 5.26 Å². The fourth-order valence-corrected chi connectivity index (χ4v) is 1.27. The molecular formula is C9H7N3. The Labute approximate surface area is 69.9 Å². The van der Waals surface area contributed by atoms with Gasteiger partial charge in [-0.2, -0.15) is 5.26 Å². The number of rotatable bonds is 0. The lowest BCUT2D eigenvalue weighted by Crippen LogP contribution is -1.91. The van der Waals surface area contributed by atoms with Crippen molar-refractivity contribution in [3.05, 3.63) is 35.9 Å². The Bertz CT molecular complexity index is 462. The third-order valence-electron chi connectivity index (χ3n) is 1.89. The Morgan fingerprint density at radius 3 is 3.08 bits per heavy atom. The maximum atomic E-state index is 8.72. The van der Waals surface area contributed by atoms with Crippen LogP contribution in [-0.2, 0) is 0 Å². The summed E-state index contributed by atoms with van der Waals surface area (Å²) in [4.78, 5) is 3.96. The molecule has 0 radical (unpaired) electrons. The average Bonchev–Trinajstić information content (AvgIpc) is 2.48. The zero-order chi connectivity index (χ0) is 8.55. The van der Waals surface area contributed by atoms with Crippen LogP contribution in [0, 0.1) is 18.3 Å². The van der Waals surface area contributed by atoms with Crippen molar-refractivity contribution in [3.63, 3.8) is 0 Å². The molecule has 0 bridgehead atoms. The van der Waals surface area contributed by atoms with Crippen LogP contribution in [-0.4, -0.2) is 9.38 Å². The van der Waals surface area contributed by atoms with Gasteiger partial charge in [0.15, 0.2) is 5.69 Å². The summed E-state index contributed by atoms with van der Waals surface area (Å²) in [5.74, 6) is 0. The van der Waals surface area contributed by atoms with Crippen molar-refractivity contribution >= 4 is 5.52 Å². The van der Waals surface area contributed by atoms with E-state index in [1.165, 1.54) is 0 Å². The first-order valence-electron chi connectivity index (χ1n) is 3.65. The number of nitriles is 1. The van der Waals surface area contributed by atoms with Crippen molar-refractivity contribution in [2.75, 3.05) is 0 Å². The third-order valence-corrected chi connectivity index (χ3v) is 1.89. The fraction of sp³-hybridized carbons (Fsp3) is 0.111. The summed E-state index contributed by atoms with van der Waals surface area (Å²) in [6.45, 7) is 1.99. The molecule has 2 heterocycles. The molecule has 3 heteroatoms. The van der Waals surface area contributed by atoms with E-state index in [-0.39, 0.29) is 0 Å². The van der Waals surface area contributed by atoms with Gasteiger partial charge < -0.3 is 4.40 Å². The van der Waals surface area contributed by atoms with Crippen LogP contribution in [0.5, 0.6) is 0 Å². The zero-order valence-corrected chi connectivity index (χ0v) is 6.65. The van der Waals surface area contributed by atoms with Crippen molar-refractivity contribution < 1.29 is 0 Å². The summed E-state index contributed by atoms with van der Waals surface area (Å²) in [7, 11) is 0. The largest absolute Gasteiger partial charge is 0.317 e. The highest BCUT2D eigenvalue weighted by atomic mass is 14.9. The van der Waals surface area contributed by atoms with Crippen LogP contribution in [0.15, 0.2) is 24.5 Å². The monoisotopic (exact) mass is 157 g/mol. The minimum atomic E-state index is 0.477. The molecular weight excluding hydrogens is 150 g/mol. The van der Waals surface area contributed by atoms with Gasteiger partial charge in [0.1, 0.15) is 6.07 Å². The van der Waals surface area contributed by atoms with Gasteiger partial charge in [0.25, 0.3) is 0 Å². The molecule has 0 spiro atoms. The summed E-state index contributed by atoms with van der Waals surface area (Å²) in [6.07, 6.45) is 3.49. The normalized spacial score (nSPS) is 10.0. The summed E-state index contributed by atoms with van der Waals surface area (Å²) < 4.78 is 1.95. The van der Waals surface area contributed by atoms with Crippen LogP contribution in [0.25, 0.3) is 5.52 Å². The van der Waals surface area contributed by atoms with Gasteiger partial charge in [-0.15, -0.1) is 0 Å². The molecule has 2 aromatic heterocycles. The number of aryl methyl sites for hydroxylation is 1. The van der Waals surface area contributed by atoms with E-state index in [2.05, 4.69) is 11.1 Å². The summed E-state index contributed by atoms with van der Waals surface area (Å²) in [5, 5.41) is 8.72. The topological polar surface area (TPSA) is 41.1 Å². The molecule has 0 aliphatic carbocycles. The Morgan fingerprint density at radius 2 is 2.33 bits per heavy atom. The Hall–Kier alpha value is -1.82. The second kappa shape index (κ2) is 2.35. The highest BCUT2D eigenvalue weighted by molar-refractivity contribution is 5.58. The van der Waals surface area contributed by atoms with Gasteiger partial charge in [-0.25, -0.2) is 4.98 Å². The van der Waals surface area contributed by atoms with Gasteiger partial charge in [0.2, 0.25) is 0 Å². The molecule has 0 aliphatic heterocycles. The van der Waals surface area contributed by atoms with Crippen molar-refractivity contribution in [1.29, 1.82) is 5.26 Å². The van der Waals surface area contributed by atoms with E-state index in [0.29, 0.717) is 5.69 Å². The lowest BCUT2D eigenvalue weighted by atomic mass is 10.4. The second-order valence-corrected chi connectivity index (χ2v) is 2.62. The van der Waals surface area contributed by atoms with E-state index < -0.39 is 0 Å². The molecule has 0 unspecified atom stereocenters. The Morgan fingerprint density at radius 1 is 1.50 bits per heavy atom. The van der Waals surface area contributed by atoms with Gasteiger partial charge in [-0.05, 0) is 19.1 Å². The second-order valence-electron chi connectivity index (χ2n) is 2.62. The van der Waals surface area contributed by atoms with E-state index in [1.807, 2.05) is 29.7 Å². The first-order chi connectivity index (χ1) is 5.83. The molecule has 0 amide bonds. The molecule has 3 nitrogen and oxygen atoms in total. The smallest absolute Gasteiger partial charge is 0.164 e. The molecule has 0 atom stereocenters. The van der Waals surface area contributed by atoms with Gasteiger partial charge in [0, 0.05) is 18.1 Å². The summed E-state index contributed by atoms with van der Waals surface area (Å²) in [6, 6.07) is 5.93. The summed E-state index contributed by atoms with van der Waals surface area (Å²) in [5.41, 5.74) is 2.46. The molecule has 0 aliphatic rings. The van der Waals surface area contributed by atoms with E-state index in [0.717, 1.165) is 11.2 Å². The predicted molar refractivity (Wildman–Crippen MR) is 44.6 cm³/mol. The molecule has 0 N–H and O–H groups in total. The van der Waals surface area contributed by atoms with E-state index in [9.17, 15) is 0 Å². The highest BCUT2D eigenvalue weighted by Gasteiger charge is 2.01. The highest BCUT2D eigenvalue weighted by Crippen LogP contribution is 2.10. The van der Waals surface area contributed by atoms with Crippen LogP contribution in [0.4, 0.5) is 0 Å². The third kappa shape index (κ3) is 0.785. The molecule has 0 aromatic carbocycles. The standard InChI is InChI=1S/C9H7N3/c1-7-2-3-9-8(6-10)11-4-5-12(7)9/h2-5H,1H3. The van der Waals surface area contributed by atoms with Crippen LogP contribution in [0.2, 0.25) is 0 Å². The van der Waals surface area contributed by atoms with Gasteiger partial charge >= 0.3 is 0 Å². The molecule has 58 valence electrons. The Kier molecular flexibility index (Phi) is 1.34. The molecule has 12 heavy (non-hydrogen) atoms. The molecule has 2 rings (SSSR count). The average molecular weight is 157 g/mol. The van der Waals surface area contributed by atoms with Crippen LogP contribution < -0.4 is 0 Å². The summed E-state index contributed by atoms with van der Waals surface area (Å²) >= 11 is 0. The van der Waals surface area contributed by atoms with Crippen molar-refractivity contribution in [1.82, 2.24) is 9.38 Å². The maximum Gasteiger partial charge on any atom is 0.164 e. The van der Waals surface area contributed by atoms with Gasteiger partial charge in [-0.3, -0.25) is 0 Å². The van der Waals surface area contributed by atoms with Crippen LogP contribution in [0.3, 0.4) is 0 Å². The van der Waals surface area contributed by atoms with Crippen molar-refractivity contribution in [3.8, 4) is 6.07 Å². The number of hydrogen-bond acceptors (Lipinski definition) is 2. The number of fused-ring (bicyclic) bond motifs is 1. The fourth-order valence-electron chi connectivity index (χ4n) is 1.27. The molecule has 0 saturated heterocycles. The minimum Gasteiger partial charge on any atom is -0.317 e. The first-order valence-corrected chi connectivity index (χ1v) is 3.65. The van der Waals surface area contributed by atoms with Crippen molar-refractivity contribution in [2.24, 2.45) is 0 Å². The van der Waals surface area contributed by atoms with Crippen LogP contribution in [0.1, 0.15) is 11.4 Å². The van der Waals surface area contributed by atoms with Gasteiger partial charge in [-0.1, -0.05) is 0 Å². The van der Waals surface area contributed by atoms with Crippen LogP contribution >= 0.6 is 0 Å². The molecule has 2 aromatic rings. The van der Waals surface area contributed by atoms with E-state index >= 15 is 0 Å². The maximum absolute atomic E-state index is 8.72. The molecule has 0 saturated carbocycles. The van der Waals surface area contributed by atoms with Gasteiger partial charge in [0.05, 0.1) is 5.52 Å². The number of nitrogens with zero attached hydrogens (tertiary/aromatic N) is 3. The quantitative estimate of drug-likeness (QED) is 0.581. The SMILES string of the molecule is Cc1ccc2c(C#N)nccn12. The first kappa shape index (κ1) is 6.86. The molecule has 0 fully saturated rings. The Balaban J connectivity index is 2.92. The predicted octanol–water partition coefficient (Wildman–Crippen LogP) is 1.51.